The Morgan fingerprint density at radius 2 is 1.67 bits per heavy atom. The van der Waals surface area contributed by atoms with E-state index in [0.29, 0.717) is 24.4 Å². The fourth-order valence-electron chi connectivity index (χ4n) is 1.95. The smallest absolute Gasteiger partial charge is 0.258 e. The van der Waals surface area contributed by atoms with E-state index in [2.05, 4.69) is 33.2 Å². The van der Waals surface area contributed by atoms with Crippen molar-refractivity contribution in [3.63, 3.8) is 0 Å². The standard InChI is InChI=1S/C18H19IN2O3/c1-13-6-8-14(9-7-13)24-12-17(22)20-10-11-21-18(23)15-4-2-3-5-16(15)19/h2-9H,10-12H2,1H3,(H,20,22)(H,21,23). The van der Waals surface area contributed by atoms with Crippen LogP contribution in [0.25, 0.3) is 0 Å². The van der Waals surface area contributed by atoms with Gasteiger partial charge in [0.1, 0.15) is 5.75 Å². The second-order valence-corrected chi connectivity index (χ2v) is 6.35. The number of carbonyl (C=O) groups is 2. The molecule has 2 amide bonds. The summed E-state index contributed by atoms with van der Waals surface area (Å²) in [4.78, 5) is 23.7. The van der Waals surface area contributed by atoms with Crippen molar-refractivity contribution in [3.8, 4) is 5.75 Å². The summed E-state index contributed by atoms with van der Waals surface area (Å²) >= 11 is 2.12. The molecule has 0 bridgehead atoms. The van der Waals surface area contributed by atoms with E-state index in [9.17, 15) is 9.59 Å². The molecule has 2 aromatic rings. The molecule has 2 N–H and O–H groups in total. The Balaban J connectivity index is 1.65. The lowest BCUT2D eigenvalue weighted by atomic mass is 10.2. The zero-order chi connectivity index (χ0) is 17.4. The predicted molar refractivity (Wildman–Crippen MR) is 101 cm³/mol. The van der Waals surface area contributed by atoms with E-state index in [1.165, 1.54) is 0 Å². The minimum atomic E-state index is -0.223. The molecule has 0 fully saturated rings. The normalized spacial score (nSPS) is 10.1. The van der Waals surface area contributed by atoms with E-state index < -0.39 is 0 Å². The molecule has 0 atom stereocenters. The van der Waals surface area contributed by atoms with Crippen molar-refractivity contribution in [1.82, 2.24) is 10.6 Å². The van der Waals surface area contributed by atoms with Crippen LogP contribution in [-0.4, -0.2) is 31.5 Å². The molecule has 0 heterocycles. The zero-order valence-corrected chi connectivity index (χ0v) is 15.5. The maximum absolute atomic E-state index is 12.0. The molecule has 0 aliphatic heterocycles. The number of halogens is 1. The fourth-order valence-corrected chi connectivity index (χ4v) is 2.59. The lowest BCUT2D eigenvalue weighted by Gasteiger charge is -2.09. The summed E-state index contributed by atoms with van der Waals surface area (Å²) in [6, 6.07) is 14.8. The molecule has 5 nitrogen and oxygen atoms in total. The third kappa shape index (κ3) is 5.84. The Hall–Kier alpha value is -2.09. The van der Waals surface area contributed by atoms with Crippen molar-refractivity contribution in [3.05, 3.63) is 63.2 Å². The Bertz CT molecular complexity index is 702. The lowest BCUT2D eigenvalue weighted by molar-refractivity contribution is -0.123. The molecule has 0 saturated carbocycles. The molecule has 0 radical (unpaired) electrons. The number of rotatable bonds is 7. The molecule has 0 aromatic heterocycles. The third-order valence-electron chi connectivity index (χ3n) is 3.24. The quantitative estimate of drug-likeness (QED) is 0.516. The monoisotopic (exact) mass is 438 g/mol. The summed E-state index contributed by atoms with van der Waals surface area (Å²) < 4.78 is 6.28. The molecule has 6 heteroatoms. The van der Waals surface area contributed by atoms with Crippen LogP contribution in [0.3, 0.4) is 0 Å². The average Bonchev–Trinajstić information content (AvgIpc) is 2.58. The van der Waals surface area contributed by atoms with Crippen molar-refractivity contribution in [1.29, 1.82) is 0 Å². The van der Waals surface area contributed by atoms with Crippen molar-refractivity contribution in [2.24, 2.45) is 0 Å². The first-order valence-electron chi connectivity index (χ1n) is 7.55. The highest BCUT2D eigenvalue weighted by molar-refractivity contribution is 14.1. The Morgan fingerprint density at radius 3 is 2.38 bits per heavy atom. The molecule has 126 valence electrons. The SMILES string of the molecule is Cc1ccc(OCC(=O)NCCNC(=O)c2ccccc2I)cc1. The van der Waals surface area contributed by atoms with Gasteiger partial charge in [0.25, 0.3) is 11.8 Å². The van der Waals surface area contributed by atoms with Crippen LogP contribution in [0.2, 0.25) is 0 Å². The number of carbonyl (C=O) groups excluding carboxylic acids is 2. The highest BCUT2D eigenvalue weighted by Crippen LogP contribution is 2.11. The summed E-state index contributed by atoms with van der Waals surface area (Å²) in [5, 5.41) is 5.48. The minimum Gasteiger partial charge on any atom is -0.484 e. The van der Waals surface area contributed by atoms with Crippen LogP contribution in [0.15, 0.2) is 48.5 Å². The first-order chi connectivity index (χ1) is 11.6. The van der Waals surface area contributed by atoms with Gasteiger partial charge in [0.2, 0.25) is 0 Å². The molecule has 0 saturated heterocycles. The van der Waals surface area contributed by atoms with Gasteiger partial charge in [-0.05, 0) is 53.8 Å². The van der Waals surface area contributed by atoms with Crippen molar-refractivity contribution < 1.29 is 14.3 Å². The van der Waals surface area contributed by atoms with E-state index >= 15 is 0 Å². The molecule has 0 unspecified atom stereocenters. The Labute approximate surface area is 154 Å². The third-order valence-corrected chi connectivity index (χ3v) is 4.18. The molecular weight excluding hydrogens is 419 g/mol. The Kier molecular flexibility index (Phi) is 7.05. The number of ether oxygens (including phenoxy) is 1. The highest BCUT2D eigenvalue weighted by Gasteiger charge is 2.08. The minimum absolute atomic E-state index is 0.0480. The molecule has 24 heavy (non-hydrogen) atoms. The van der Waals surface area contributed by atoms with Crippen molar-refractivity contribution in [2.45, 2.75) is 6.92 Å². The van der Waals surface area contributed by atoms with Crippen molar-refractivity contribution >= 4 is 34.4 Å². The second kappa shape index (κ2) is 9.27. The first kappa shape index (κ1) is 18.3. The van der Waals surface area contributed by atoms with Crippen LogP contribution >= 0.6 is 22.6 Å². The van der Waals surface area contributed by atoms with E-state index in [1.54, 1.807) is 6.07 Å². The van der Waals surface area contributed by atoms with Gasteiger partial charge in [0.15, 0.2) is 6.61 Å². The van der Waals surface area contributed by atoms with Gasteiger partial charge < -0.3 is 15.4 Å². The largest absolute Gasteiger partial charge is 0.484 e. The molecule has 0 aliphatic carbocycles. The fraction of sp³-hybridized carbons (Fsp3) is 0.222. The van der Waals surface area contributed by atoms with E-state index in [-0.39, 0.29) is 18.4 Å². The maximum atomic E-state index is 12.0. The van der Waals surface area contributed by atoms with Gasteiger partial charge in [-0.25, -0.2) is 0 Å². The van der Waals surface area contributed by atoms with Crippen LogP contribution in [0.5, 0.6) is 5.75 Å². The van der Waals surface area contributed by atoms with Crippen LogP contribution in [0.1, 0.15) is 15.9 Å². The summed E-state index contributed by atoms with van der Waals surface area (Å²) in [7, 11) is 0. The number of benzene rings is 2. The number of amides is 2. The summed E-state index contributed by atoms with van der Waals surface area (Å²) in [5.74, 6) is 0.284. The van der Waals surface area contributed by atoms with Gasteiger partial charge >= 0.3 is 0 Å². The second-order valence-electron chi connectivity index (χ2n) is 5.19. The number of hydrogen-bond donors (Lipinski definition) is 2. The number of hydrogen-bond acceptors (Lipinski definition) is 3. The number of aryl methyl sites for hydroxylation is 1. The average molecular weight is 438 g/mol. The predicted octanol–water partition coefficient (Wildman–Crippen LogP) is 2.52. The molecular formula is C18H19IN2O3. The lowest BCUT2D eigenvalue weighted by Crippen LogP contribution is -2.37. The van der Waals surface area contributed by atoms with Gasteiger partial charge in [-0.3, -0.25) is 9.59 Å². The van der Waals surface area contributed by atoms with Gasteiger partial charge in [0.05, 0.1) is 5.56 Å². The molecule has 0 spiro atoms. The van der Waals surface area contributed by atoms with E-state index in [4.69, 9.17) is 4.74 Å². The first-order valence-corrected chi connectivity index (χ1v) is 8.63. The number of nitrogens with one attached hydrogen (secondary N) is 2. The molecule has 2 aromatic carbocycles. The van der Waals surface area contributed by atoms with E-state index in [1.807, 2.05) is 49.4 Å². The van der Waals surface area contributed by atoms with Gasteiger partial charge in [-0.1, -0.05) is 29.8 Å². The van der Waals surface area contributed by atoms with Crippen LogP contribution in [-0.2, 0) is 4.79 Å². The summed E-state index contributed by atoms with van der Waals surface area (Å²) in [6.45, 7) is 2.65. The summed E-state index contributed by atoms with van der Waals surface area (Å²) in [6.07, 6.45) is 0. The van der Waals surface area contributed by atoms with Crippen molar-refractivity contribution in [2.75, 3.05) is 19.7 Å². The van der Waals surface area contributed by atoms with Gasteiger partial charge in [-0.2, -0.15) is 0 Å². The Morgan fingerprint density at radius 1 is 1.00 bits per heavy atom. The van der Waals surface area contributed by atoms with Gasteiger partial charge in [-0.15, -0.1) is 0 Å². The van der Waals surface area contributed by atoms with Gasteiger partial charge in [0, 0.05) is 16.7 Å². The summed E-state index contributed by atoms with van der Waals surface area (Å²) in [5.41, 5.74) is 1.77. The van der Waals surface area contributed by atoms with Crippen LogP contribution in [0.4, 0.5) is 0 Å². The zero-order valence-electron chi connectivity index (χ0n) is 13.3. The molecule has 0 aliphatic rings. The van der Waals surface area contributed by atoms with Crippen LogP contribution in [0, 0.1) is 10.5 Å². The van der Waals surface area contributed by atoms with E-state index in [0.717, 1.165) is 9.13 Å². The highest BCUT2D eigenvalue weighted by atomic mass is 127. The molecule has 2 rings (SSSR count). The topological polar surface area (TPSA) is 67.4 Å². The van der Waals surface area contributed by atoms with Crippen LogP contribution < -0.4 is 15.4 Å². The maximum Gasteiger partial charge on any atom is 0.258 e.